The Hall–Kier alpha value is -2.26. The molecule has 0 fully saturated rings. The number of halogens is 1. The number of hydrogen-bond donors (Lipinski definition) is 1. The second-order valence-corrected chi connectivity index (χ2v) is 8.00. The van der Waals surface area contributed by atoms with E-state index in [2.05, 4.69) is 22.0 Å². The molecule has 1 aliphatic heterocycles. The van der Waals surface area contributed by atoms with E-state index in [0.717, 1.165) is 10.0 Å². The molecule has 1 aromatic carbocycles. The molecule has 0 amide bonds. The molecule has 0 bridgehead atoms. The van der Waals surface area contributed by atoms with Crippen molar-refractivity contribution in [2.24, 2.45) is 11.1 Å². The van der Waals surface area contributed by atoms with Gasteiger partial charge in [0.15, 0.2) is 5.78 Å². The van der Waals surface area contributed by atoms with Crippen LogP contribution in [0.15, 0.2) is 45.5 Å². The molecule has 3 rings (SSSR count). The molecule has 1 aromatic rings. The number of nitrogens with two attached hydrogens (primary N) is 1. The number of carbonyl (C=O) groups excluding carboxylic acids is 1. The van der Waals surface area contributed by atoms with Crippen molar-refractivity contribution in [3.05, 3.63) is 51.0 Å². The standard InChI is InChI=1S/C19H19BrN2O3/c1-19(2)7-13(23)17-15(8-19)25-18(22)12(9-21)16(17)11-5-4-10(20)6-14(11)24-3/h4-6,16H,7-8,22H2,1-3H3/t16-/m1/s1. The maximum Gasteiger partial charge on any atom is 0.205 e. The largest absolute Gasteiger partial charge is 0.496 e. The number of nitriles is 1. The van der Waals surface area contributed by atoms with Gasteiger partial charge in [-0.1, -0.05) is 35.8 Å². The Labute approximate surface area is 155 Å². The van der Waals surface area contributed by atoms with Crippen molar-refractivity contribution >= 4 is 21.7 Å². The summed E-state index contributed by atoms with van der Waals surface area (Å²) in [5.74, 6) is 0.627. The van der Waals surface area contributed by atoms with Crippen molar-refractivity contribution in [3.8, 4) is 11.8 Å². The summed E-state index contributed by atoms with van der Waals surface area (Å²) in [6, 6.07) is 7.64. The maximum absolute atomic E-state index is 12.9. The van der Waals surface area contributed by atoms with Gasteiger partial charge in [0, 0.05) is 28.5 Å². The smallest absolute Gasteiger partial charge is 0.205 e. The van der Waals surface area contributed by atoms with Crippen LogP contribution in [0, 0.1) is 16.7 Å². The number of nitrogens with zero attached hydrogens (tertiary/aromatic N) is 1. The fraction of sp³-hybridized carbons (Fsp3) is 0.368. The first kappa shape index (κ1) is 17.6. The molecule has 0 spiro atoms. The van der Waals surface area contributed by atoms with Gasteiger partial charge in [-0.3, -0.25) is 4.79 Å². The predicted molar refractivity (Wildman–Crippen MR) is 96.4 cm³/mol. The molecule has 0 saturated carbocycles. The predicted octanol–water partition coefficient (Wildman–Crippen LogP) is 3.91. The summed E-state index contributed by atoms with van der Waals surface area (Å²) in [6.07, 6.45) is 1.01. The summed E-state index contributed by atoms with van der Waals surface area (Å²) in [6.45, 7) is 4.04. The molecule has 6 heteroatoms. The normalized spacial score (nSPS) is 22.2. The summed E-state index contributed by atoms with van der Waals surface area (Å²) >= 11 is 3.42. The molecule has 5 nitrogen and oxygen atoms in total. The molecular weight excluding hydrogens is 384 g/mol. The third-order valence-electron chi connectivity index (χ3n) is 4.58. The highest BCUT2D eigenvalue weighted by molar-refractivity contribution is 9.10. The molecule has 130 valence electrons. The van der Waals surface area contributed by atoms with Crippen molar-refractivity contribution in [3.63, 3.8) is 0 Å². The molecule has 2 aliphatic rings. The number of hydrogen-bond acceptors (Lipinski definition) is 5. The van der Waals surface area contributed by atoms with Gasteiger partial charge in [0.05, 0.1) is 13.0 Å². The van der Waals surface area contributed by atoms with Gasteiger partial charge in [0.25, 0.3) is 0 Å². The van der Waals surface area contributed by atoms with E-state index in [1.807, 2.05) is 32.0 Å². The van der Waals surface area contributed by atoms with Crippen LogP contribution >= 0.6 is 15.9 Å². The van der Waals surface area contributed by atoms with E-state index in [1.54, 1.807) is 7.11 Å². The summed E-state index contributed by atoms with van der Waals surface area (Å²) in [5.41, 5.74) is 7.31. The van der Waals surface area contributed by atoms with Crippen LogP contribution in [-0.2, 0) is 9.53 Å². The Balaban J connectivity index is 2.24. The van der Waals surface area contributed by atoms with Crippen molar-refractivity contribution in [2.75, 3.05) is 7.11 Å². The second kappa shape index (κ2) is 6.23. The quantitative estimate of drug-likeness (QED) is 0.810. The summed E-state index contributed by atoms with van der Waals surface area (Å²) in [5, 5.41) is 9.64. The maximum atomic E-state index is 12.9. The SMILES string of the molecule is COc1cc(Br)ccc1[C@@H]1C(C#N)=C(N)OC2=C1C(=O)CC(C)(C)C2. The molecule has 1 heterocycles. The van der Waals surface area contributed by atoms with E-state index < -0.39 is 5.92 Å². The van der Waals surface area contributed by atoms with Crippen LogP contribution in [0.4, 0.5) is 0 Å². The Morgan fingerprint density at radius 2 is 2.12 bits per heavy atom. The van der Waals surface area contributed by atoms with Gasteiger partial charge >= 0.3 is 0 Å². The lowest BCUT2D eigenvalue weighted by Gasteiger charge is -2.37. The first-order valence-electron chi connectivity index (χ1n) is 7.94. The first-order chi connectivity index (χ1) is 11.8. The fourth-order valence-electron chi connectivity index (χ4n) is 3.52. The van der Waals surface area contributed by atoms with Gasteiger partial charge in [0.1, 0.15) is 23.2 Å². The number of rotatable bonds is 2. The highest BCUT2D eigenvalue weighted by atomic mass is 79.9. The minimum atomic E-state index is -0.569. The van der Waals surface area contributed by atoms with Crippen LogP contribution in [0.3, 0.4) is 0 Å². The summed E-state index contributed by atoms with van der Waals surface area (Å²) < 4.78 is 12.0. The molecule has 0 aromatic heterocycles. The van der Waals surface area contributed by atoms with Gasteiger partial charge in [-0.15, -0.1) is 0 Å². The van der Waals surface area contributed by atoms with Gasteiger partial charge in [-0.25, -0.2) is 0 Å². The monoisotopic (exact) mass is 402 g/mol. The zero-order chi connectivity index (χ0) is 18.4. The minimum absolute atomic E-state index is 0.0125. The highest BCUT2D eigenvalue weighted by Crippen LogP contribution is 2.49. The van der Waals surface area contributed by atoms with E-state index in [9.17, 15) is 10.1 Å². The average Bonchev–Trinajstić information content (AvgIpc) is 2.52. The number of ether oxygens (including phenoxy) is 2. The third kappa shape index (κ3) is 3.05. The number of Topliss-reactive ketones (excluding diaryl/α,β-unsaturated/α-hetero) is 1. The van der Waals surface area contributed by atoms with E-state index in [1.165, 1.54) is 0 Å². The molecule has 0 radical (unpaired) electrons. The van der Waals surface area contributed by atoms with E-state index in [0.29, 0.717) is 29.9 Å². The zero-order valence-corrected chi connectivity index (χ0v) is 15.9. The molecule has 2 N–H and O–H groups in total. The van der Waals surface area contributed by atoms with Gasteiger partial charge in [-0.05, 0) is 17.5 Å². The second-order valence-electron chi connectivity index (χ2n) is 7.09. The Bertz CT molecular complexity index is 862. The summed E-state index contributed by atoms with van der Waals surface area (Å²) in [4.78, 5) is 12.9. The lowest BCUT2D eigenvalue weighted by molar-refractivity contribution is -0.119. The lowest BCUT2D eigenvalue weighted by Crippen LogP contribution is -2.33. The molecule has 1 aliphatic carbocycles. The minimum Gasteiger partial charge on any atom is -0.496 e. The van der Waals surface area contributed by atoms with Crippen LogP contribution in [-0.4, -0.2) is 12.9 Å². The number of carbonyl (C=O) groups is 1. The molecule has 25 heavy (non-hydrogen) atoms. The van der Waals surface area contributed by atoms with Crippen LogP contribution in [0.1, 0.15) is 38.2 Å². The topological polar surface area (TPSA) is 85.3 Å². The van der Waals surface area contributed by atoms with Crippen LogP contribution < -0.4 is 10.5 Å². The Morgan fingerprint density at radius 3 is 2.76 bits per heavy atom. The van der Waals surface area contributed by atoms with Crippen molar-refractivity contribution < 1.29 is 14.3 Å². The number of ketones is 1. The Morgan fingerprint density at radius 1 is 1.40 bits per heavy atom. The molecule has 0 saturated heterocycles. The number of benzene rings is 1. The lowest BCUT2D eigenvalue weighted by atomic mass is 9.70. The van der Waals surface area contributed by atoms with E-state index >= 15 is 0 Å². The number of allylic oxidation sites excluding steroid dienone is 3. The highest BCUT2D eigenvalue weighted by Gasteiger charge is 2.43. The molecule has 1 atom stereocenters. The third-order valence-corrected chi connectivity index (χ3v) is 5.08. The van der Waals surface area contributed by atoms with E-state index in [4.69, 9.17) is 15.2 Å². The van der Waals surface area contributed by atoms with Gasteiger partial charge in [-0.2, -0.15) is 5.26 Å². The fourth-order valence-corrected chi connectivity index (χ4v) is 3.86. The molecule has 0 unspecified atom stereocenters. The summed E-state index contributed by atoms with van der Waals surface area (Å²) in [7, 11) is 1.56. The van der Waals surface area contributed by atoms with E-state index in [-0.39, 0.29) is 22.7 Å². The van der Waals surface area contributed by atoms with Gasteiger partial charge in [0.2, 0.25) is 5.88 Å². The van der Waals surface area contributed by atoms with Crippen molar-refractivity contribution in [1.82, 2.24) is 0 Å². The van der Waals surface area contributed by atoms with Crippen molar-refractivity contribution in [2.45, 2.75) is 32.6 Å². The van der Waals surface area contributed by atoms with Crippen molar-refractivity contribution in [1.29, 1.82) is 5.26 Å². The van der Waals surface area contributed by atoms with Gasteiger partial charge < -0.3 is 15.2 Å². The van der Waals surface area contributed by atoms with Crippen LogP contribution in [0.25, 0.3) is 0 Å². The number of methoxy groups -OCH3 is 1. The Kier molecular flexibility index (Phi) is 4.38. The van der Waals surface area contributed by atoms with Crippen LogP contribution in [0.2, 0.25) is 0 Å². The first-order valence-corrected chi connectivity index (χ1v) is 8.74. The van der Waals surface area contributed by atoms with Crippen LogP contribution in [0.5, 0.6) is 5.75 Å². The zero-order valence-electron chi connectivity index (χ0n) is 14.4. The molecular formula is C19H19BrN2O3. The average molecular weight is 403 g/mol.